The second-order valence-electron chi connectivity index (χ2n) is 7.82. The average molecular weight is 446 g/mol. The summed E-state index contributed by atoms with van der Waals surface area (Å²) in [6.45, 7) is 14.5. The first-order valence-electron chi connectivity index (χ1n) is 7.89. The van der Waals surface area contributed by atoms with E-state index in [4.69, 9.17) is 19.1 Å². The third-order valence-electron chi connectivity index (χ3n) is 3.97. The summed E-state index contributed by atoms with van der Waals surface area (Å²) in [4.78, 5) is 0. The van der Waals surface area contributed by atoms with Gasteiger partial charge in [-0.3, -0.25) is 0 Å². The number of hydrogen-bond acceptors (Lipinski definition) is 0. The van der Waals surface area contributed by atoms with Crippen LogP contribution >= 0.6 is 27.0 Å². The van der Waals surface area contributed by atoms with Crippen LogP contribution in [0.15, 0.2) is 12.2 Å². The van der Waals surface area contributed by atoms with Crippen molar-refractivity contribution in [3.63, 3.8) is 0 Å². The Morgan fingerprint density at radius 3 is 1.76 bits per heavy atom. The number of hydrogen-bond donors (Lipinski definition) is 0. The van der Waals surface area contributed by atoms with Crippen LogP contribution in [0.2, 0.25) is 0 Å². The van der Waals surface area contributed by atoms with Gasteiger partial charge in [0.1, 0.15) is 0 Å². The van der Waals surface area contributed by atoms with E-state index >= 15 is 0 Å². The molecule has 4 heteroatoms. The molecular formula is C17H33Cl2PPd. The zero-order valence-electron chi connectivity index (χ0n) is 14.5. The monoisotopic (exact) mass is 444 g/mol. The third-order valence-corrected chi connectivity index (χ3v) is 7.78. The Balaban J connectivity index is 0.00000122. The molecule has 0 nitrogen and oxygen atoms in total. The summed E-state index contributed by atoms with van der Waals surface area (Å²) in [6.07, 6.45) is 13.6. The molecule has 0 aromatic carbocycles. The molecule has 0 unspecified atom stereocenters. The van der Waals surface area contributed by atoms with Crippen molar-refractivity contribution in [3.05, 3.63) is 12.2 Å². The van der Waals surface area contributed by atoms with E-state index in [2.05, 4.69) is 53.7 Å². The van der Waals surface area contributed by atoms with Gasteiger partial charge in [-0.1, -0.05) is 80.9 Å². The van der Waals surface area contributed by atoms with Crippen LogP contribution in [0.5, 0.6) is 0 Å². The van der Waals surface area contributed by atoms with E-state index in [-0.39, 0.29) is 23.9 Å². The predicted molar refractivity (Wildman–Crippen MR) is 98.7 cm³/mol. The molecule has 130 valence electrons. The zero-order valence-corrected chi connectivity index (χ0v) is 18.5. The first-order chi connectivity index (χ1) is 9.62. The number of allylic oxidation sites excluding steroid dienone is 2. The maximum atomic E-state index is 4.81. The third kappa shape index (κ3) is 10.7. The molecule has 0 aromatic heterocycles. The van der Waals surface area contributed by atoms with Crippen molar-refractivity contribution >= 4 is 27.0 Å². The van der Waals surface area contributed by atoms with Crippen molar-refractivity contribution in [2.75, 3.05) is 6.16 Å². The van der Waals surface area contributed by atoms with Crippen LogP contribution in [0, 0.1) is 5.92 Å². The van der Waals surface area contributed by atoms with Crippen LogP contribution < -0.4 is 0 Å². The van der Waals surface area contributed by atoms with Crippen LogP contribution in [0.1, 0.15) is 73.6 Å². The zero-order chi connectivity index (χ0) is 16.5. The fourth-order valence-electron chi connectivity index (χ4n) is 3.24. The van der Waals surface area contributed by atoms with Crippen LogP contribution in [0.3, 0.4) is 0 Å². The standard InChI is InChI=1S/C17H33P.2ClH.Pd/c1-16(2,3)18(17(4,5)6)14-10-13-15-11-8-7-9-12-15;;;/h10,13,15H,7-9,11-12,14H2,1-6H3;2*1H;/q;;;+2/p-2. The summed E-state index contributed by atoms with van der Waals surface area (Å²) < 4.78 is 0. The minimum atomic E-state index is -0.106. The molecule has 1 rings (SSSR count). The van der Waals surface area contributed by atoms with Gasteiger partial charge >= 0.3 is 35.0 Å². The van der Waals surface area contributed by atoms with E-state index in [9.17, 15) is 0 Å². The molecular weight excluding hydrogens is 412 g/mol. The van der Waals surface area contributed by atoms with Crippen LogP contribution in [0.25, 0.3) is 0 Å². The van der Waals surface area contributed by atoms with E-state index in [1.165, 1.54) is 38.3 Å². The van der Waals surface area contributed by atoms with Crippen molar-refractivity contribution in [1.82, 2.24) is 0 Å². The Morgan fingerprint density at radius 1 is 0.952 bits per heavy atom. The summed E-state index contributed by atoms with van der Waals surface area (Å²) in [5.41, 5.74) is 0. The Bertz CT molecular complexity index is 272. The summed E-state index contributed by atoms with van der Waals surface area (Å²) >= 11 is -0.106. The molecule has 1 saturated carbocycles. The predicted octanol–water partition coefficient (Wildman–Crippen LogP) is 7.58. The molecule has 0 aromatic rings. The second-order valence-corrected chi connectivity index (χ2v) is 14.1. The molecule has 0 radical (unpaired) electrons. The van der Waals surface area contributed by atoms with Gasteiger partial charge in [0, 0.05) is 0 Å². The molecule has 1 aliphatic rings. The first-order valence-corrected chi connectivity index (χ1v) is 13.4. The Morgan fingerprint density at radius 2 is 1.38 bits per heavy atom. The van der Waals surface area contributed by atoms with E-state index < -0.39 is 0 Å². The van der Waals surface area contributed by atoms with Gasteiger partial charge in [-0.2, -0.15) is 0 Å². The molecule has 0 atom stereocenters. The Hall–Kier alpha value is 1.41. The first kappa shape index (κ1) is 22.4. The van der Waals surface area contributed by atoms with E-state index in [0.29, 0.717) is 10.3 Å². The van der Waals surface area contributed by atoms with Crippen LogP contribution in [-0.2, 0) is 15.9 Å². The quantitative estimate of drug-likeness (QED) is 0.239. The van der Waals surface area contributed by atoms with Crippen LogP contribution in [-0.4, -0.2) is 16.5 Å². The number of rotatable bonds is 3. The van der Waals surface area contributed by atoms with E-state index in [1.807, 2.05) is 0 Å². The van der Waals surface area contributed by atoms with Gasteiger partial charge in [0.25, 0.3) is 0 Å². The van der Waals surface area contributed by atoms with Gasteiger partial charge in [0.05, 0.1) is 0 Å². The summed E-state index contributed by atoms with van der Waals surface area (Å²) in [6, 6.07) is 0. The second kappa shape index (κ2) is 11.1. The Labute approximate surface area is 150 Å². The van der Waals surface area contributed by atoms with Gasteiger partial charge in [-0.15, -0.1) is 0 Å². The van der Waals surface area contributed by atoms with Crippen molar-refractivity contribution in [1.29, 1.82) is 0 Å². The molecule has 0 spiro atoms. The maximum absolute atomic E-state index is 4.81. The number of halogens is 2. The van der Waals surface area contributed by atoms with Crippen molar-refractivity contribution in [3.8, 4) is 0 Å². The van der Waals surface area contributed by atoms with Gasteiger partial charge in [-0.05, 0) is 35.2 Å². The Kier molecular flexibility index (Phi) is 11.8. The van der Waals surface area contributed by atoms with Crippen molar-refractivity contribution < 1.29 is 15.9 Å². The van der Waals surface area contributed by atoms with Gasteiger partial charge in [-0.25, -0.2) is 0 Å². The molecule has 0 heterocycles. The van der Waals surface area contributed by atoms with E-state index in [0.717, 1.165) is 5.92 Å². The SMILES string of the molecule is CC(C)(C)P(CC=CC1CCCCC1)C(C)(C)C.[Cl][Pd][Cl]. The molecule has 0 N–H and O–H groups in total. The van der Waals surface area contributed by atoms with Gasteiger partial charge in [0.15, 0.2) is 0 Å². The average Bonchev–Trinajstić information content (AvgIpc) is 2.34. The van der Waals surface area contributed by atoms with Gasteiger partial charge in [0.2, 0.25) is 0 Å². The van der Waals surface area contributed by atoms with E-state index in [1.54, 1.807) is 0 Å². The molecule has 0 bridgehead atoms. The van der Waals surface area contributed by atoms with Crippen molar-refractivity contribution in [2.45, 2.75) is 84.0 Å². The summed E-state index contributed by atoms with van der Waals surface area (Å²) in [7, 11) is 9.67. The molecule has 0 saturated heterocycles. The summed E-state index contributed by atoms with van der Waals surface area (Å²) in [5.74, 6) is 0.885. The minimum absolute atomic E-state index is 0.0435. The molecule has 21 heavy (non-hydrogen) atoms. The molecule has 0 aliphatic heterocycles. The van der Waals surface area contributed by atoms with Crippen LogP contribution in [0.4, 0.5) is 0 Å². The normalized spacial score (nSPS) is 18.1. The topological polar surface area (TPSA) is 0 Å². The summed E-state index contributed by atoms with van der Waals surface area (Å²) in [5, 5.41) is 0.926. The fourth-order valence-corrected chi connectivity index (χ4v) is 6.68. The molecule has 1 fully saturated rings. The van der Waals surface area contributed by atoms with Gasteiger partial charge < -0.3 is 0 Å². The molecule has 0 amide bonds. The molecule has 1 aliphatic carbocycles. The van der Waals surface area contributed by atoms with Crippen molar-refractivity contribution in [2.24, 2.45) is 5.92 Å². The fraction of sp³-hybridized carbons (Fsp3) is 0.882.